The number of carbonyl (C=O) groups is 1. The normalized spacial score (nSPS) is 10.7. The van der Waals surface area contributed by atoms with E-state index < -0.39 is 5.91 Å². The molecule has 3 rings (SSSR count). The minimum atomic E-state index is -0.490. The number of rotatable bonds is 2. The number of para-hydroxylation sites is 1. The number of fused-ring (bicyclic) bond motifs is 1. The van der Waals surface area contributed by atoms with Crippen LogP contribution in [0.25, 0.3) is 10.9 Å². The molecule has 0 aliphatic carbocycles. The van der Waals surface area contributed by atoms with Crippen molar-refractivity contribution in [3.05, 3.63) is 57.1 Å². The highest BCUT2D eigenvalue weighted by atomic mass is 79.9. The molecule has 7 heteroatoms. The van der Waals surface area contributed by atoms with Crippen LogP contribution in [0.4, 0.5) is 5.69 Å². The Hall–Kier alpha value is -2.12. The van der Waals surface area contributed by atoms with Crippen molar-refractivity contribution in [3.8, 4) is 11.5 Å². The number of phenols is 2. The molecule has 0 fully saturated rings. The van der Waals surface area contributed by atoms with Gasteiger partial charge < -0.3 is 15.5 Å². The van der Waals surface area contributed by atoms with E-state index in [4.69, 9.17) is 0 Å². The van der Waals surface area contributed by atoms with Crippen LogP contribution in [0.5, 0.6) is 11.5 Å². The van der Waals surface area contributed by atoms with Crippen LogP contribution in [0.1, 0.15) is 10.5 Å². The van der Waals surface area contributed by atoms with Gasteiger partial charge in [0.1, 0.15) is 17.0 Å². The molecule has 1 aromatic heterocycles. The van der Waals surface area contributed by atoms with Gasteiger partial charge in [-0.3, -0.25) is 4.79 Å². The molecule has 0 aliphatic heterocycles. The van der Waals surface area contributed by atoms with Crippen molar-refractivity contribution in [1.82, 2.24) is 4.98 Å². The second-order valence-electron chi connectivity index (χ2n) is 4.78. The van der Waals surface area contributed by atoms with Gasteiger partial charge in [0.2, 0.25) is 0 Å². The van der Waals surface area contributed by atoms with Crippen molar-refractivity contribution in [2.75, 3.05) is 5.32 Å². The lowest BCUT2D eigenvalue weighted by atomic mass is 10.2. The predicted octanol–water partition coefficient (Wildman–Crippen LogP) is 4.42. The number of benzene rings is 2. The standard InChI is InChI=1S/C16H10Br2N2O3/c17-9-6-10(18)15(22)12(7-9)20-16(23)11-5-4-8-2-1-3-13(21)14(8)19-11/h1-7,21-22H,(H,20,23). The van der Waals surface area contributed by atoms with E-state index in [0.717, 1.165) is 5.39 Å². The van der Waals surface area contributed by atoms with Crippen molar-refractivity contribution in [2.45, 2.75) is 0 Å². The maximum absolute atomic E-state index is 12.3. The fourth-order valence-electron chi connectivity index (χ4n) is 2.11. The summed E-state index contributed by atoms with van der Waals surface area (Å²) in [5.41, 5.74) is 0.727. The van der Waals surface area contributed by atoms with Crippen LogP contribution in [0.2, 0.25) is 0 Å². The number of nitrogens with zero attached hydrogens (tertiary/aromatic N) is 1. The highest BCUT2D eigenvalue weighted by Gasteiger charge is 2.14. The molecule has 23 heavy (non-hydrogen) atoms. The molecule has 116 valence electrons. The number of nitrogens with one attached hydrogen (secondary N) is 1. The molecule has 3 N–H and O–H groups in total. The van der Waals surface area contributed by atoms with Gasteiger partial charge in [0.15, 0.2) is 5.75 Å². The van der Waals surface area contributed by atoms with Crippen LogP contribution in [-0.2, 0) is 0 Å². The summed E-state index contributed by atoms with van der Waals surface area (Å²) in [6.45, 7) is 0. The number of aromatic hydroxyl groups is 2. The molecule has 5 nitrogen and oxygen atoms in total. The lowest BCUT2D eigenvalue weighted by molar-refractivity contribution is 0.102. The van der Waals surface area contributed by atoms with E-state index in [9.17, 15) is 15.0 Å². The average Bonchev–Trinajstić information content (AvgIpc) is 2.52. The zero-order chi connectivity index (χ0) is 16.6. The fourth-order valence-corrected chi connectivity index (χ4v) is 3.33. The molecule has 0 saturated heterocycles. The van der Waals surface area contributed by atoms with E-state index in [1.165, 1.54) is 6.07 Å². The van der Waals surface area contributed by atoms with Gasteiger partial charge >= 0.3 is 0 Å². The average molecular weight is 438 g/mol. The van der Waals surface area contributed by atoms with Gasteiger partial charge in [-0.15, -0.1) is 0 Å². The van der Waals surface area contributed by atoms with Crippen molar-refractivity contribution < 1.29 is 15.0 Å². The molecule has 1 amide bonds. The summed E-state index contributed by atoms with van der Waals surface area (Å²) in [6, 6.07) is 11.5. The SMILES string of the molecule is O=C(Nc1cc(Br)cc(Br)c1O)c1ccc2cccc(O)c2n1. The molecule has 0 aliphatic rings. The third kappa shape index (κ3) is 3.16. The molecule has 3 aromatic rings. The second kappa shape index (κ2) is 6.17. The van der Waals surface area contributed by atoms with Crippen molar-refractivity contribution >= 4 is 54.4 Å². The lowest BCUT2D eigenvalue weighted by Crippen LogP contribution is -2.13. The third-order valence-electron chi connectivity index (χ3n) is 3.21. The first-order valence-corrected chi connectivity index (χ1v) is 8.12. The fraction of sp³-hybridized carbons (Fsp3) is 0. The summed E-state index contributed by atoms with van der Waals surface area (Å²) < 4.78 is 1.15. The van der Waals surface area contributed by atoms with E-state index in [0.29, 0.717) is 14.5 Å². The molecule has 0 spiro atoms. The predicted molar refractivity (Wildman–Crippen MR) is 94.9 cm³/mol. The number of pyridine rings is 1. The lowest BCUT2D eigenvalue weighted by Gasteiger charge is -2.10. The largest absolute Gasteiger partial charge is 0.506 e. The Bertz CT molecular complexity index is 929. The molecule has 0 bridgehead atoms. The Balaban J connectivity index is 1.97. The van der Waals surface area contributed by atoms with E-state index in [-0.39, 0.29) is 22.9 Å². The molecule has 0 radical (unpaired) electrons. The third-order valence-corrected chi connectivity index (χ3v) is 4.27. The van der Waals surface area contributed by atoms with Gasteiger partial charge in [-0.2, -0.15) is 0 Å². The maximum atomic E-state index is 12.3. The minimum Gasteiger partial charge on any atom is -0.506 e. The summed E-state index contributed by atoms with van der Waals surface area (Å²) in [6.07, 6.45) is 0. The number of hydrogen-bond acceptors (Lipinski definition) is 4. The second-order valence-corrected chi connectivity index (χ2v) is 6.55. The highest BCUT2D eigenvalue weighted by molar-refractivity contribution is 9.11. The van der Waals surface area contributed by atoms with Crippen LogP contribution in [0.15, 0.2) is 51.4 Å². The van der Waals surface area contributed by atoms with Crippen LogP contribution in [0, 0.1) is 0 Å². The summed E-state index contributed by atoms with van der Waals surface area (Å²) >= 11 is 6.50. The summed E-state index contributed by atoms with van der Waals surface area (Å²) in [7, 11) is 0. The number of halogens is 2. The zero-order valence-electron chi connectivity index (χ0n) is 11.5. The first kappa shape index (κ1) is 15.8. The van der Waals surface area contributed by atoms with Crippen LogP contribution in [0.3, 0.4) is 0 Å². The number of phenolic OH excluding ortho intramolecular Hbond substituents is 2. The van der Waals surface area contributed by atoms with Crippen molar-refractivity contribution in [2.24, 2.45) is 0 Å². The Kier molecular flexibility index (Phi) is 4.23. The maximum Gasteiger partial charge on any atom is 0.274 e. The van der Waals surface area contributed by atoms with Gasteiger partial charge in [0.25, 0.3) is 5.91 Å². The molecule has 0 unspecified atom stereocenters. The molecular formula is C16H10Br2N2O3. The number of aromatic nitrogens is 1. The first-order chi connectivity index (χ1) is 11.0. The highest BCUT2D eigenvalue weighted by Crippen LogP contribution is 2.35. The molecular weight excluding hydrogens is 428 g/mol. The Morgan fingerprint density at radius 3 is 2.65 bits per heavy atom. The van der Waals surface area contributed by atoms with Gasteiger partial charge in [-0.1, -0.05) is 34.1 Å². The van der Waals surface area contributed by atoms with E-state index in [1.54, 1.807) is 36.4 Å². The monoisotopic (exact) mass is 436 g/mol. The summed E-state index contributed by atoms with van der Waals surface area (Å²) in [5.74, 6) is -0.564. The number of hydrogen-bond donors (Lipinski definition) is 3. The number of carbonyl (C=O) groups excluding carboxylic acids is 1. The van der Waals surface area contributed by atoms with Gasteiger partial charge in [0, 0.05) is 9.86 Å². The van der Waals surface area contributed by atoms with Crippen LogP contribution in [-0.4, -0.2) is 21.1 Å². The quantitative estimate of drug-likeness (QED) is 0.518. The Morgan fingerprint density at radius 1 is 1.09 bits per heavy atom. The van der Waals surface area contributed by atoms with Gasteiger partial charge in [-0.05, 0) is 40.2 Å². The van der Waals surface area contributed by atoms with E-state index in [1.807, 2.05) is 0 Å². The van der Waals surface area contributed by atoms with E-state index >= 15 is 0 Å². The number of anilines is 1. The molecule has 0 saturated carbocycles. The number of amides is 1. The van der Waals surface area contributed by atoms with Crippen LogP contribution >= 0.6 is 31.9 Å². The zero-order valence-corrected chi connectivity index (χ0v) is 14.7. The Morgan fingerprint density at radius 2 is 1.87 bits per heavy atom. The van der Waals surface area contributed by atoms with Crippen LogP contribution < -0.4 is 5.32 Å². The van der Waals surface area contributed by atoms with Gasteiger partial charge in [-0.25, -0.2) is 4.98 Å². The molecule has 1 heterocycles. The summed E-state index contributed by atoms with van der Waals surface area (Å²) in [5, 5.41) is 23.2. The van der Waals surface area contributed by atoms with Crippen molar-refractivity contribution in [3.63, 3.8) is 0 Å². The first-order valence-electron chi connectivity index (χ1n) is 6.54. The Labute approximate surface area is 148 Å². The topological polar surface area (TPSA) is 82.5 Å². The molecule has 0 atom stereocenters. The smallest absolute Gasteiger partial charge is 0.274 e. The molecule has 2 aromatic carbocycles. The van der Waals surface area contributed by atoms with E-state index in [2.05, 4.69) is 42.2 Å². The minimum absolute atomic E-state index is 0.00481. The van der Waals surface area contributed by atoms with Crippen molar-refractivity contribution in [1.29, 1.82) is 0 Å². The van der Waals surface area contributed by atoms with Gasteiger partial charge in [0.05, 0.1) is 10.2 Å². The summed E-state index contributed by atoms with van der Waals surface area (Å²) in [4.78, 5) is 16.5.